The van der Waals surface area contributed by atoms with Gasteiger partial charge in [0.2, 0.25) is 5.76 Å². The van der Waals surface area contributed by atoms with Crippen LogP contribution < -0.4 is 4.74 Å². The van der Waals surface area contributed by atoms with Crippen LogP contribution in [0.15, 0.2) is 35.0 Å². The van der Waals surface area contributed by atoms with Crippen molar-refractivity contribution in [3.05, 3.63) is 47.6 Å². The second-order valence-corrected chi connectivity index (χ2v) is 6.15. The van der Waals surface area contributed by atoms with Crippen LogP contribution in [0.2, 0.25) is 0 Å². The average Bonchev–Trinajstić information content (AvgIpc) is 3.23. The molecule has 2 aliphatic rings. The average molecular weight is 332 g/mol. The number of aromatic nitrogens is 1. The lowest BCUT2D eigenvalue weighted by atomic mass is 9.85. The van der Waals surface area contributed by atoms with Crippen LogP contribution in [0.4, 0.5) is 4.39 Å². The van der Waals surface area contributed by atoms with Crippen molar-refractivity contribution in [2.45, 2.75) is 6.04 Å². The fourth-order valence-corrected chi connectivity index (χ4v) is 3.75. The van der Waals surface area contributed by atoms with Crippen LogP contribution in [0.25, 0.3) is 0 Å². The fourth-order valence-electron chi connectivity index (χ4n) is 3.75. The zero-order valence-corrected chi connectivity index (χ0v) is 13.1. The van der Waals surface area contributed by atoms with Crippen LogP contribution in [-0.2, 0) is 4.74 Å². The van der Waals surface area contributed by atoms with Crippen LogP contribution in [0.3, 0.4) is 0 Å². The molecular formula is C17H17FN2O4. The molecule has 2 aliphatic heterocycles. The number of benzene rings is 1. The number of halogens is 1. The summed E-state index contributed by atoms with van der Waals surface area (Å²) < 4.78 is 29.9. The van der Waals surface area contributed by atoms with E-state index in [1.807, 2.05) is 0 Å². The molecule has 24 heavy (non-hydrogen) atoms. The molecule has 4 rings (SSSR count). The van der Waals surface area contributed by atoms with E-state index in [0.717, 1.165) is 0 Å². The van der Waals surface area contributed by atoms with Crippen molar-refractivity contribution in [3.8, 4) is 5.75 Å². The number of carbonyl (C=O) groups is 1. The van der Waals surface area contributed by atoms with E-state index in [0.29, 0.717) is 31.1 Å². The molecule has 0 bridgehead atoms. The molecule has 2 aromatic rings. The SMILES string of the molecule is COC[C@@H]1CN(C(=O)c2ccno2)[C@H]2c3cc(F)ccc3OC[C@@H]12. The summed E-state index contributed by atoms with van der Waals surface area (Å²) in [6, 6.07) is 5.70. The normalized spacial score (nSPS) is 25.1. The Morgan fingerprint density at radius 2 is 2.33 bits per heavy atom. The molecule has 1 aromatic carbocycles. The Hall–Kier alpha value is -2.41. The van der Waals surface area contributed by atoms with Gasteiger partial charge in [0.25, 0.3) is 5.91 Å². The van der Waals surface area contributed by atoms with Gasteiger partial charge in [0, 0.05) is 37.1 Å². The second-order valence-electron chi connectivity index (χ2n) is 6.15. The van der Waals surface area contributed by atoms with Gasteiger partial charge in [0.15, 0.2) is 0 Å². The summed E-state index contributed by atoms with van der Waals surface area (Å²) in [5, 5.41) is 3.60. The standard InChI is InChI=1S/C17H17FN2O4/c1-22-8-10-7-20(17(21)15-4-5-19-24-15)16-12-6-11(18)2-3-14(12)23-9-13(10)16/h2-6,10,13,16H,7-9H2,1H3/t10-,13-,16-/m0/s1. The summed E-state index contributed by atoms with van der Waals surface area (Å²) in [7, 11) is 1.63. The Bertz CT molecular complexity index is 749. The fraction of sp³-hybridized carbons (Fsp3) is 0.412. The van der Waals surface area contributed by atoms with Crippen LogP contribution >= 0.6 is 0 Å². The van der Waals surface area contributed by atoms with Gasteiger partial charge >= 0.3 is 0 Å². The summed E-state index contributed by atoms with van der Waals surface area (Å²) in [6.45, 7) is 1.48. The van der Waals surface area contributed by atoms with Crippen molar-refractivity contribution in [2.75, 3.05) is 26.9 Å². The summed E-state index contributed by atoms with van der Waals surface area (Å²) in [5.74, 6) is 0.357. The van der Waals surface area contributed by atoms with Crippen molar-refractivity contribution in [2.24, 2.45) is 11.8 Å². The van der Waals surface area contributed by atoms with Gasteiger partial charge in [-0.25, -0.2) is 4.39 Å². The van der Waals surface area contributed by atoms with Gasteiger partial charge in [-0.15, -0.1) is 0 Å². The van der Waals surface area contributed by atoms with Crippen LogP contribution in [0, 0.1) is 17.7 Å². The highest BCUT2D eigenvalue weighted by molar-refractivity contribution is 5.92. The van der Waals surface area contributed by atoms with Gasteiger partial charge in [-0.3, -0.25) is 4.79 Å². The highest BCUT2D eigenvalue weighted by Crippen LogP contribution is 2.48. The maximum absolute atomic E-state index is 13.8. The molecule has 6 nitrogen and oxygen atoms in total. The number of carbonyl (C=O) groups excluding carboxylic acids is 1. The first kappa shape index (κ1) is 15.1. The Balaban J connectivity index is 1.75. The highest BCUT2D eigenvalue weighted by Gasteiger charge is 2.48. The number of nitrogens with zero attached hydrogens (tertiary/aromatic N) is 2. The number of amides is 1. The molecule has 1 aromatic heterocycles. The zero-order valence-electron chi connectivity index (χ0n) is 13.1. The minimum absolute atomic E-state index is 0.0473. The third-order valence-electron chi connectivity index (χ3n) is 4.79. The number of ether oxygens (including phenoxy) is 2. The summed E-state index contributed by atoms with van der Waals surface area (Å²) in [5.41, 5.74) is 0.692. The van der Waals surface area contributed by atoms with Gasteiger partial charge < -0.3 is 18.9 Å². The minimum atomic E-state index is -0.347. The van der Waals surface area contributed by atoms with E-state index in [4.69, 9.17) is 14.0 Å². The molecule has 1 amide bonds. The first-order chi connectivity index (χ1) is 11.7. The largest absolute Gasteiger partial charge is 0.493 e. The molecule has 0 aliphatic carbocycles. The summed E-state index contributed by atoms with van der Waals surface area (Å²) in [6.07, 6.45) is 1.44. The lowest BCUT2D eigenvalue weighted by Gasteiger charge is -2.34. The van der Waals surface area contributed by atoms with Crippen molar-refractivity contribution >= 4 is 5.91 Å². The number of hydrogen-bond acceptors (Lipinski definition) is 5. The number of hydrogen-bond donors (Lipinski definition) is 0. The van der Waals surface area contributed by atoms with Gasteiger partial charge in [-0.2, -0.15) is 0 Å². The van der Waals surface area contributed by atoms with Gasteiger partial charge in [0.05, 0.1) is 25.5 Å². The second kappa shape index (κ2) is 5.90. The van der Waals surface area contributed by atoms with E-state index < -0.39 is 0 Å². The number of rotatable bonds is 3. The molecule has 3 heterocycles. The zero-order chi connectivity index (χ0) is 16.7. The molecule has 0 saturated carbocycles. The Morgan fingerprint density at radius 1 is 1.46 bits per heavy atom. The topological polar surface area (TPSA) is 64.8 Å². The van der Waals surface area contributed by atoms with Gasteiger partial charge in [0.1, 0.15) is 11.6 Å². The highest BCUT2D eigenvalue weighted by atomic mass is 19.1. The predicted molar refractivity (Wildman–Crippen MR) is 81.0 cm³/mol. The maximum Gasteiger partial charge on any atom is 0.292 e. The third-order valence-corrected chi connectivity index (χ3v) is 4.79. The predicted octanol–water partition coefficient (Wildman–Crippen LogP) is 2.28. The Labute approximate surface area is 138 Å². The third kappa shape index (κ3) is 2.36. The van der Waals surface area contributed by atoms with E-state index in [1.165, 1.54) is 24.4 Å². The summed E-state index contributed by atoms with van der Waals surface area (Å²) >= 11 is 0. The first-order valence-corrected chi connectivity index (χ1v) is 7.82. The molecular weight excluding hydrogens is 315 g/mol. The monoisotopic (exact) mass is 332 g/mol. The van der Waals surface area contributed by atoms with Gasteiger partial charge in [-0.05, 0) is 18.2 Å². The molecule has 3 atom stereocenters. The molecule has 0 unspecified atom stereocenters. The quantitative estimate of drug-likeness (QED) is 0.863. The molecule has 0 radical (unpaired) electrons. The van der Waals surface area contributed by atoms with E-state index >= 15 is 0 Å². The summed E-state index contributed by atoms with van der Waals surface area (Å²) in [4.78, 5) is 14.5. The molecule has 126 valence electrons. The maximum atomic E-state index is 13.8. The van der Waals surface area contributed by atoms with Crippen molar-refractivity contribution < 1.29 is 23.2 Å². The number of fused-ring (bicyclic) bond motifs is 3. The van der Waals surface area contributed by atoms with E-state index in [1.54, 1.807) is 18.1 Å². The lowest BCUT2D eigenvalue weighted by molar-refractivity contribution is 0.0631. The minimum Gasteiger partial charge on any atom is -0.493 e. The molecule has 7 heteroatoms. The van der Waals surface area contributed by atoms with E-state index in [2.05, 4.69) is 5.16 Å². The Morgan fingerprint density at radius 3 is 3.08 bits per heavy atom. The smallest absolute Gasteiger partial charge is 0.292 e. The Kier molecular flexibility index (Phi) is 3.72. The van der Waals surface area contributed by atoms with Crippen molar-refractivity contribution in [1.82, 2.24) is 10.1 Å². The van der Waals surface area contributed by atoms with Crippen LogP contribution in [-0.4, -0.2) is 42.8 Å². The number of likely N-dealkylation sites (tertiary alicyclic amines) is 1. The van der Waals surface area contributed by atoms with Crippen molar-refractivity contribution in [3.63, 3.8) is 0 Å². The lowest BCUT2D eigenvalue weighted by Crippen LogP contribution is -2.35. The molecule has 0 spiro atoms. The first-order valence-electron chi connectivity index (χ1n) is 7.82. The van der Waals surface area contributed by atoms with Crippen LogP contribution in [0.1, 0.15) is 22.2 Å². The van der Waals surface area contributed by atoms with E-state index in [-0.39, 0.29) is 35.4 Å². The van der Waals surface area contributed by atoms with E-state index in [9.17, 15) is 9.18 Å². The van der Waals surface area contributed by atoms with Crippen LogP contribution in [0.5, 0.6) is 5.75 Å². The molecule has 1 fully saturated rings. The molecule has 1 saturated heterocycles. The van der Waals surface area contributed by atoms with Crippen molar-refractivity contribution in [1.29, 1.82) is 0 Å². The number of methoxy groups -OCH3 is 1. The molecule has 0 N–H and O–H groups in total. The van der Waals surface area contributed by atoms with Gasteiger partial charge in [-0.1, -0.05) is 5.16 Å².